The normalized spacial score (nSPS) is 11.3. The first-order valence-corrected chi connectivity index (χ1v) is 14.3. The summed E-state index contributed by atoms with van der Waals surface area (Å²) >= 11 is 2.71. The van der Waals surface area contributed by atoms with Crippen LogP contribution in [0.15, 0.2) is 111 Å². The minimum atomic E-state index is -4.59. The Morgan fingerprint density at radius 1 is 0.667 bits per heavy atom. The second-order valence-electron chi connectivity index (χ2n) is 8.02. The molecule has 0 heterocycles. The Hall–Kier alpha value is -3.17. The number of rotatable bonds is 8. The molecule has 0 aliphatic heterocycles. The molecular formula is C28H22O5S3. The topological polar surface area (TPSA) is 88.5 Å². The van der Waals surface area contributed by atoms with E-state index in [2.05, 4.69) is 0 Å². The first kappa shape index (κ1) is 25.9. The average molecular weight is 535 g/mol. The van der Waals surface area contributed by atoms with Gasteiger partial charge in [0, 0.05) is 36.9 Å². The van der Waals surface area contributed by atoms with Gasteiger partial charge in [0.05, 0.1) is 0 Å². The highest BCUT2D eigenvalue weighted by Gasteiger charge is 2.20. The van der Waals surface area contributed by atoms with E-state index in [1.165, 1.54) is 18.2 Å². The minimum Gasteiger partial charge on any atom is -0.289 e. The van der Waals surface area contributed by atoms with Crippen LogP contribution in [0.25, 0.3) is 0 Å². The van der Waals surface area contributed by atoms with Gasteiger partial charge in [-0.05, 0) is 79.9 Å². The molecule has 0 saturated heterocycles. The Bertz CT molecular complexity index is 1520. The maximum absolute atomic E-state index is 12.8. The van der Waals surface area contributed by atoms with Gasteiger partial charge in [0.2, 0.25) is 0 Å². The van der Waals surface area contributed by atoms with Gasteiger partial charge in [-0.15, -0.1) is 11.8 Å². The Morgan fingerprint density at radius 3 is 1.61 bits per heavy atom. The highest BCUT2D eigenvalue weighted by molar-refractivity contribution is 8.00. The van der Waals surface area contributed by atoms with Crippen LogP contribution >= 0.6 is 23.5 Å². The molecule has 0 atom stereocenters. The van der Waals surface area contributed by atoms with Gasteiger partial charge in [0.25, 0.3) is 10.1 Å². The summed E-state index contributed by atoms with van der Waals surface area (Å²) in [5.74, 6) is -0.457. The molecule has 0 radical (unpaired) electrons. The van der Waals surface area contributed by atoms with Crippen molar-refractivity contribution in [3.8, 4) is 0 Å². The fourth-order valence-electron chi connectivity index (χ4n) is 3.52. The summed E-state index contributed by atoms with van der Waals surface area (Å²) in [7, 11) is -4.59. The maximum atomic E-state index is 12.8. The molecule has 8 heteroatoms. The predicted molar refractivity (Wildman–Crippen MR) is 143 cm³/mol. The molecule has 0 aromatic heterocycles. The van der Waals surface area contributed by atoms with E-state index in [1.54, 1.807) is 72.4 Å². The molecule has 0 aliphatic carbocycles. The smallest absolute Gasteiger partial charge is 0.289 e. The van der Waals surface area contributed by atoms with Crippen molar-refractivity contribution in [2.75, 3.05) is 6.26 Å². The molecule has 0 bridgehead atoms. The highest BCUT2D eigenvalue weighted by Crippen LogP contribution is 2.34. The lowest BCUT2D eigenvalue weighted by molar-refractivity contribution is 0.103. The minimum absolute atomic E-state index is 0.114. The van der Waals surface area contributed by atoms with E-state index in [0.717, 1.165) is 22.2 Å². The largest absolute Gasteiger partial charge is 0.295 e. The number of hydrogen-bond donors (Lipinski definition) is 1. The Balaban J connectivity index is 1.58. The summed E-state index contributed by atoms with van der Waals surface area (Å²) in [5.41, 5.74) is 2.66. The zero-order chi connectivity index (χ0) is 25.9. The van der Waals surface area contributed by atoms with Crippen molar-refractivity contribution in [1.29, 1.82) is 0 Å². The van der Waals surface area contributed by atoms with Crippen molar-refractivity contribution in [2.24, 2.45) is 0 Å². The van der Waals surface area contributed by atoms with Crippen LogP contribution in [0.1, 0.15) is 37.4 Å². The van der Waals surface area contributed by atoms with Crippen molar-refractivity contribution < 1.29 is 22.6 Å². The third-order valence-electron chi connectivity index (χ3n) is 5.49. The average Bonchev–Trinajstić information content (AvgIpc) is 2.88. The van der Waals surface area contributed by atoms with E-state index < -0.39 is 10.1 Å². The molecule has 4 aromatic rings. The van der Waals surface area contributed by atoms with Crippen molar-refractivity contribution in [3.63, 3.8) is 0 Å². The predicted octanol–water partition coefficient (Wildman–Crippen LogP) is 6.58. The van der Waals surface area contributed by atoms with E-state index in [1.807, 2.05) is 25.3 Å². The fraction of sp³-hybridized carbons (Fsp3) is 0.0714. The summed E-state index contributed by atoms with van der Waals surface area (Å²) in [5, 5.41) is 0. The highest BCUT2D eigenvalue weighted by atomic mass is 32.2. The molecule has 0 spiro atoms. The van der Waals surface area contributed by atoms with Crippen molar-refractivity contribution >= 4 is 45.2 Å². The first-order valence-electron chi connectivity index (χ1n) is 10.9. The zero-order valence-electron chi connectivity index (χ0n) is 19.5. The molecule has 0 saturated carbocycles. The number of thioether (sulfide) groups is 1. The van der Waals surface area contributed by atoms with Gasteiger partial charge < -0.3 is 0 Å². The van der Waals surface area contributed by atoms with Gasteiger partial charge in [0.15, 0.2) is 11.6 Å². The lowest BCUT2D eigenvalue weighted by Gasteiger charge is -2.10. The Labute approximate surface area is 218 Å². The summed E-state index contributed by atoms with van der Waals surface area (Å²) in [6.07, 6.45) is 1.97. The van der Waals surface area contributed by atoms with Gasteiger partial charge >= 0.3 is 0 Å². The van der Waals surface area contributed by atoms with Crippen LogP contribution in [0.3, 0.4) is 0 Å². The standard InChI is InChI=1S/C28H22O5S3/c1-18-3-5-19(6-4-18)28(30)22-11-16-25(26(17-22)36(31,32)33)35-24-14-9-21(10-15-24)27(29)20-7-12-23(34-2)13-8-20/h3-17H,1-2H3,(H,31,32,33). The molecule has 5 nitrogen and oxygen atoms in total. The van der Waals surface area contributed by atoms with Crippen LogP contribution in [-0.4, -0.2) is 30.8 Å². The molecule has 182 valence electrons. The first-order chi connectivity index (χ1) is 17.2. The monoisotopic (exact) mass is 534 g/mol. The summed E-state index contributed by atoms with van der Waals surface area (Å²) < 4.78 is 34.1. The Morgan fingerprint density at radius 2 is 1.11 bits per heavy atom. The van der Waals surface area contributed by atoms with E-state index in [9.17, 15) is 22.6 Å². The van der Waals surface area contributed by atoms with Crippen LogP contribution in [0.5, 0.6) is 0 Å². The van der Waals surface area contributed by atoms with E-state index in [4.69, 9.17) is 0 Å². The molecule has 0 amide bonds. The van der Waals surface area contributed by atoms with Crippen LogP contribution < -0.4 is 0 Å². The molecule has 0 unspecified atom stereocenters. The van der Waals surface area contributed by atoms with E-state index >= 15 is 0 Å². The van der Waals surface area contributed by atoms with Crippen molar-refractivity contribution in [2.45, 2.75) is 26.5 Å². The van der Waals surface area contributed by atoms with Crippen LogP contribution in [0, 0.1) is 6.92 Å². The second-order valence-corrected chi connectivity index (χ2v) is 11.4. The van der Waals surface area contributed by atoms with Gasteiger partial charge in [-0.3, -0.25) is 14.1 Å². The number of carbonyl (C=O) groups excluding carboxylic acids is 2. The quantitative estimate of drug-likeness (QED) is 0.155. The molecule has 4 aromatic carbocycles. The number of ketones is 2. The van der Waals surface area contributed by atoms with Gasteiger partial charge in [0.1, 0.15) is 4.90 Å². The van der Waals surface area contributed by atoms with Crippen molar-refractivity contribution in [3.05, 3.63) is 119 Å². The van der Waals surface area contributed by atoms with E-state index in [-0.39, 0.29) is 26.9 Å². The van der Waals surface area contributed by atoms with Gasteiger partial charge in [-0.25, -0.2) is 0 Å². The molecular weight excluding hydrogens is 513 g/mol. The van der Waals surface area contributed by atoms with Gasteiger partial charge in [-0.1, -0.05) is 41.6 Å². The summed E-state index contributed by atoms with van der Waals surface area (Å²) in [4.78, 5) is 27.3. The Kier molecular flexibility index (Phi) is 7.80. The molecule has 4 rings (SSSR count). The molecule has 36 heavy (non-hydrogen) atoms. The SMILES string of the molecule is CSc1ccc(C(=O)c2ccc(Sc3ccc(C(=O)c4ccc(C)cc4)cc3S(=O)(=O)O)cc2)cc1. The molecule has 1 N–H and O–H groups in total. The summed E-state index contributed by atoms with van der Waals surface area (Å²) in [6, 6.07) is 25.3. The third kappa shape index (κ3) is 5.96. The number of carbonyl (C=O) groups is 2. The number of hydrogen-bond acceptors (Lipinski definition) is 6. The van der Waals surface area contributed by atoms with Crippen LogP contribution in [-0.2, 0) is 10.1 Å². The molecule has 0 fully saturated rings. The molecule has 0 aliphatic rings. The van der Waals surface area contributed by atoms with Crippen LogP contribution in [0.4, 0.5) is 0 Å². The van der Waals surface area contributed by atoms with Crippen LogP contribution in [0.2, 0.25) is 0 Å². The fourth-order valence-corrected chi connectivity index (χ4v) is 5.79. The lowest BCUT2D eigenvalue weighted by Crippen LogP contribution is -2.06. The number of benzene rings is 4. The third-order valence-corrected chi connectivity index (χ3v) is 8.34. The zero-order valence-corrected chi connectivity index (χ0v) is 21.9. The summed E-state index contributed by atoms with van der Waals surface area (Å²) in [6.45, 7) is 1.90. The number of aryl methyl sites for hydroxylation is 1. The van der Waals surface area contributed by atoms with E-state index in [0.29, 0.717) is 21.6 Å². The maximum Gasteiger partial charge on any atom is 0.295 e. The lowest BCUT2D eigenvalue weighted by atomic mass is 10.0. The van der Waals surface area contributed by atoms with Gasteiger partial charge in [-0.2, -0.15) is 8.42 Å². The second kappa shape index (κ2) is 10.8. The van der Waals surface area contributed by atoms with Crippen molar-refractivity contribution in [1.82, 2.24) is 0 Å².